The van der Waals surface area contributed by atoms with Crippen LogP contribution in [0.1, 0.15) is 23.7 Å². The molecule has 2 aromatic carbocycles. The van der Waals surface area contributed by atoms with Crippen LogP contribution in [0.2, 0.25) is 0 Å². The van der Waals surface area contributed by atoms with Crippen molar-refractivity contribution in [1.29, 1.82) is 0 Å². The van der Waals surface area contributed by atoms with E-state index in [0.717, 1.165) is 15.1 Å². The summed E-state index contributed by atoms with van der Waals surface area (Å²) in [4.78, 5) is 20.1. The van der Waals surface area contributed by atoms with Gasteiger partial charge in [-0.05, 0) is 50.2 Å². The average Bonchev–Trinajstić information content (AvgIpc) is 3.26. The Labute approximate surface area is 217 Å². The second kappa shape index (κ2) is 10.4. The lowest BCUT2D eigenvalue weighted by Crippen LogP contribution is -2.21. The van der Waals surface area contributed by atoms with Crippen molar-refractivity contribution in [2.75, 3.05) is 19.5 Å². The van der Waals surface area contributed by atoms with Crippen molar-refractivity contribution >= 4 is 43.8 Å². The number of ether oxygens (including phenoxy) is 2. The van der Waals surface area contributed by atoms with Gasteiger partial charge in [-0.2, -0.15) is 8.96 Å². The van der Waals surface area contributed by atoms with Crippen molar-refractivity contribution in [2.45, 2.75) is 36.6 Å². The number of fused-ring (bicyclic) bond motifs is 1. The monoisotopic (exact) mass is 542 g/mol. The fraction of sp³-hybridized carbons (Fsp3) is 0.240. The molecule has 37 heavy (non-hydrogen) atoms. The number of nitrogens with zero attached hydrogens (tertiary/aromatic N) is 3. The Morgan fingerprint density at radius 1 is 1.11 bits per heavy atom. The molecule has 4 rings (SSSR count). The molecule has 10 nitrogen and oxygen atoms in total. The van der Waals surface area contributed by atoms with E-state index in [4.69, 9.17) is 9.47 Å². The second-order valence-corrected chi connectivity index (χ2v) is 11.4. The van der Waals surface area contributed by atoms with Crippen molar-refractivity contribution in [3.63, 3.8) is 0 Å². The maximum atomic E-state index is 13.8. The van der Waals surface area contributed by atoms with Crippen molar-refractivity contribution in [3.05, 3.63) is 65.5 Å². The fourth-order valence-electron chi connectivity index (χ4n) is 3.94. The first kappa shape index (κ1) is 26.5. The zero-order valence-corrected chi connectivity index (χ0v) is 22.6. The SMILES string of the molecule is COc1ccc2c(c1)nc([S+]([O-])Cc1ncc(C)c(OC)c1C)n2S(=O)(=O)c1ccc(NC(C)=O)cc1. The lowest BCUT2D eigenvalue weighted by atomic mass is 10.1. The zero-order valence-electron chi connectivity index (χ0n) is 20.9. The molecule has 0 aliphatic rings. The molecule has 0 aliphatic heterocycles. The molecule has 0 fully saturated rings. The molecule has 0 radical (unpaired) electrons. The number of aryl methyl sites for hydroxylation is 1. The Morgan fingerprint density at radius 2 is 1.81 bits per heavy atom. The third kappa shape index (κ3) is 5.13. The summed E-state index contributed by atoms with van der Waals surface area (Å²) in [6.07, 6.45) is 1.62. The number of carbonyl (C=O) groups excluding carboxylic acids is 1. The van der Waals surface area contributed by atoms with Crippen molar-refractivity contribution in [1.82, 2.24) is 13.9 Å². The number of anilines is 1. The van der Waals surface area contributed by atoms with E-state index in [-0.39, 0.29) is 27.2 Å². The Hall–Kier alpha value is -3.61. The molecule has 0 bridgehead atoms. The van der Waals surface area contributed by atoms with Gasteiger partial charge in [0.15, 0.2) is 5.75 Å². The van der Waals surface area contributed by atoms with Crippen LogP contribution in [-0.4, -0.2) is 47.0 Å². The summed E-state index contributed by atoms with van der Waals surface area (Å²) < 4.78 is 53.0. The van der Waals surface area contributed by atoms with Gasteiger partial charge in [-0.15, -0.1) is 0 Å². The van der Waals surface area contributed by atoms with Crippen LogP contribution < -0.4 is 14.8 Å². The van der Waals surface area contributed by atoms with E-state index >= 15 is 0 Å². The van der Waals surface area contributed by atoms with Crippen LogP contribution in [0.4, 0.5) is 5.69 Å². The summed E-state index contributed by atoms with van der Waals surface area (Å²) in [5.41, 5.74) is 3.07. The Bertz CT molecular complexity index is 1580. The summed E-state index contributed by atoms with van der Waals surface area (Å²) >= 11 is -1.89. The first-order valence-electron chi connectivity index (χ1n) is 11.1. The number of hydrogen-bond acceptors (Lipinski definition) is 8. The zero-order chi connectivity index (χ0) is 26.9. The van der Waals surface area contributed by atoms with Gasteiger partial charge in [0.05, 0.1) is 35.8 Å². The van der Waals surface area contributed by atoms with Crippen molar-refractivity contribution in [3.8, 4) is 11.5 Å². The van der Waals surface area contributed by atoms with Gasteiger partial charge in [0.2, 0.25) is 5.91 Å². The molecule has 1 atom stereocenters. The molecule has 0 aliphatic carbocycles. The maximum absolute atomic E-state index is 13.8. The molecular formula is C25H26N4O6S2. The number of amides is 1. The molecule has 0 saturated carbocycles. The number of pyridine rings is 1. The van der Waals surface area contributed by atoms with E-state index < -0.39 is 21.2 Å². The topological polar surface area (TPSA) is 135 Å². The van der Waals surface area contributed by atoms with Gasteiger partial charge >= 0.3 is 5.16 Å². The van der Waals surface area contributed by atoms with Crippen LogP contribution in [0.15, 0.2) is 58.7 Å². The van der Waals surface area contributed by atoms with Gasteiger partial charge in [0, 0.05) is 47.2 Å². The minimum absolute atomic E-state index is 0.0544. The summed E-state index contributed by atoms with van der Waals surface area (Å²) in [6, 6.07) is 10.5. The normalized spacial score (nSPS) is 12.4. The number of hydrogen-bond donors (Lipinski definition) is 1. The number of imidazole rings is 1. The van der Waals surface area contributed by atoms with Crippen LogP contribution in [-0.2, 0) is 31.7 Å². The molecule has 194 valence electrons. The van der Waals surface area contributed by atoms with Crippen molar-refractivity contribution < 1.29 is 27.2 Å². The van der Waals surface area contributed by atoms with E-state index in [2.05, 4.69) is 15.3 Å². The van der Waals surface area contributed by atoms with E-state index in [1.54, 1.807) is 31.5 Å². The first-order valence-corrected chi connectivity index (χ1v) is 13.9. The smallest absolute Gasteiger partial charge is 0.338 e. The molecule has 0 saturated heterocycles. The lowest BCUT2D eigenvalue weighted by Gasteiger charge is -2.15. The van der Waals surface area contributed by atoms with Gasteiger partial charge in [-0.25, -0.2) is 8.42 Å². The molecule has 0 spiro atoms. The summed E-state index contributed by atoms with van der Waals surface area (Å²) in [5, 5.41) is 2.46. The van der Waals surface area contributed by atoms with E-state index in [1.807, 2.05) is 13.8 Å². The first-order chi connectivity index (χ1) is 17.6. The largest absolute Gasteiger partial charge is 0.609 e. The molecule has 1 amide bonds. The quantitative estimate of drug-likeness (QED) is 0.334. The van der Waals surface area contributed by atoms with Gasteiger partial charge in [0.25, 0.3) is 10.0 Å². The molecule has 4 aromatic rings. The lowest BCUT2D eigenvalue weighted by molar-refractivity contribution is -0.114. The third-order valence-corrected chi connectivity index (χ3v) is 8.78. The Morgan fingerprint density at radius 3 is 2.43 bits per heavy atom. The van der Waals surface area contributed by atoms with Crippen molar-refractivity contribution in [2.24, 2.45) is 0 Å². The van der Waals surface area contributed by atoms with E-state index in [0.29, 0.717) is 28.4 Å². The average molecular weight is 543 g/mol. The Kier molecular flexibility index (Phi) is 7.44. The highest BCUT2D eigenvalue weighted by Gasteiger charge is 2.32. The molecule has 2 heterocycles. The predicted octanol–water partition coefficient (Wildman–Crippen LogP) is 3.57. The fourth-order valence-corrected chi connectivity index (χ4v) is 6.99. The maximum Gasteiger partial charge on any atom is 0.338 e. The second-order valence-electron chi connectivity index (χ2n) is 8.26. The highest BCUT2D eigenvalue weighted by molar-refractivity contribution is 7.93. The van der Waals surface area contributed by atoms with Crippen LogP contribution in [0.25, 0.3) is 11.0 Å². The summed E-state index contributed by atoms with van der Waals surface area (Å²) in [6.45, 7) is 5.03. The number of methoxy groups -OCH3 is 2. The molecule has 2 aromatic heterocycles. The van der Waals surface area contributed by atoms with E-state index in [9.17, 15) is 17.8 Å². The number of nitrogens with one attached hydrogen (secondary N) is 1. The molecular weight excluding hydrogens is 516 g/mol. The predicted molar refractivity (Wildman–Crippen MR) is 140 cm³/mol. The van der Waals surface area contributed by atoms with Crippen LogP contribution >= 0.6 is 0 Å². The van der Waals surface area contributed by atoms with Gasteiger partial charge in [-0.3, -0.25) is 9.78 Å². The summed E-state index contributed by atoms with van der Waals surface area (Å²) in [5.74, 6) is 0.763. The standard InChI is InChI=1S/C25H26N4O6S2/c1-15-13-26-22(16(2)24(15)35-5)14-36(31)25-28-21-12-19(34-4)8-11-23(21)29(25)37(32,33)20-9-6-18(7-10-20)27-17(3)30/h6-13H,14H2,1-5H3,(H,27,30). The number of rotatable bonds is 8. The minimum Gasteiger partial charge on any atom is -0.609 e. The third-order valence-electron chi connectivity index (χ3n) is 5.73. The van der Waals surface area contributed by atoms with Gasteiger partial charge in [0.1, 0.15) is 11.5 Å². The Balaban J connectivity index is 1.84. The van der Waals surface area contributed by atoms with Gasteiger partial charge in [-0.1, -0.05) is 0 Å². The minimum atomic E-state index is -4.22. The number of aromatic nitrogens is 3. The van der Waals surface area contributed by atoms with E-state index in [1.165, 1.54) is 38.3 Å². The van der Waals surface area contributed by atoms with Crippen LogP contribution in [0.3, 0.4) is 0 Å². The van der Waals surface area contributed by atoms with Gasteiger partial charge < -0.3 is 19.3 Å². The molecule has 1 N–H and O–H groups in total. The van der Waals surface area contributed by atoms with Crippen LogP contribution in [0, 0.1) is 13.8 Å². The molecule has 12 heteroatoms. The van der Waals surface area contributed by atoms with Crippen LogP contribution in [0.5, 0.6) is 11.5 Å². The highest BCUT2D eigenvalue weighted by Crippen LogP contribution is 2.31. The molecule has 1 unspecified atom stereocenters. The highest BCUT2D eigenvalue weighted by atomic mass is 32.2. The summed E-state index contributed by atoms with van der Waals surface area (Å²) in [7, 11) is -1.18. The number of benzene rings is 2. The number of carbonyl (C=O) groups is 1.